The number of benzene rings is 2. The van der Waals surface area contributed by atoms with E-state index in [-0.39, 0.29) is 11.5 Å². The van der Waals surface area contributed by atoms with Crippen molar-refractivity contribution in [1.82, 2.24) is 9.78 Å². The van der Waals surface area contributed by atoms with Crippen LogP contribution in [0.1, 0.15) is 42.3 Å². The molecule has 0 spiro atoms. The summed E-state index contributed by atoms with van der Waals surface area (Å²) in [6.45, 7) is 9.13. The molecule has 3 heterocycles. The van der Waals surface area contributed by atoms with Gasteiger partial charge in [0, 0.05) is 21.7 Å². The molecular weight excluding hydrogens is 430 g/mol. The van der Waals surface area contributed by atoms with E-state index in [2.05, 4.69) is 96.1 Å². The van der Waals surface area contributed by atoms with Crippen LogP contribution >= 0.6 is 27.7 Å². The summed E-state index contributed by atoms with van der Waals surface area (Å²) in [4.78, 5) is 0. The van der Waals surface area contributed by atoms with E-state index in [1.54, 1.807) is 0 Å². The molecule has 0 radical (unpaired) electrons. The molecule has 2 aliphatic heterocycles. The summed E-state index contributed by atoms with van der Waals surface area (Å²) in [5.74, 6) is 1.60. The summed E-state index contributed by atoms with van der Waals surface area (Å²) in [6, 6.07) is 15.3. The van der Waals surface area contributed by atoms with Crippen molar-refractivity contribution in [3.63, 3.8) is 0 Å². The van der Waals surface area contributed by atoms with Crippen molar-refractivity contribution in [2.24, 2.45) is 5.92 Å². The third-order valence-corrected chi connectivity index (χ3v) is 8.15. The molecule has 1 aromatic heterocycles. The summed E-state index contributed by atoms with van der Waals surface area (Å²) in [5, 5.41) is 10.1. The molecule has 0 fully saturated rings. The quantitative estimate of drug-likeness (QED) is 0.460. The Bertz CT molecular complexity index is 1070. The Hall–Kier alpha value is -1.72. The van der Waals surface area contributed by atoms with E-state index >= 15 is 0 Å². The number of aromatic nitrogens is 2. The number of rotatable bonds is 1. The van der Waals surface area contributed by atoms with Crippen molar-refractivity contribution in [1.29, 1.82) is 0 Å². The van der Waals surface area contributed by atoms with Crippen molar-refractivity contribution in [2.75, 3.05) is 11.1 Å². The molecule has 0 saturated heterocycles. The molecule has 5 heteroatoms. The van der Waals surface area contributed by atoms with E-state index < -0.39 is 0 Å². The standard InChI is InChI=1S/C23H24BrN3S/c1-13-10-16-20(18(24)11-13)25-21-17(23(16,3)4)12-28-22-19(21)14(2)26-27(22)15-8-6-5-7-9-15/h5-11,17,21,25H,12H2,1-4H3/t17-,21-/m1/s1. The summed E-state index contributed by atoms with van der Waals surface area (Å²) in [6.07, 6.45) is 0. The molecule has 2 atom stereocenters. The van der Waals surface area contributed by atoms with Gasteiger partial charge in [-0.1, -0.05) is 38.1 Å². The van der Waals surface area contributed by atoms with E-state index in [1.165, 1.54) is 27.4 Å². The zero-order chi connectivity index (χ0) is 19.6. The lowest BCUT2D eigenvalue weighted by molar-refractivity contribution is 0.291. The minimum atomic E-state index is 0.0891. The highest BCUT2D eigenvalue weighted by Gasteiger charge is 2.48. The molecule has 3 aromatic rings. The highest BCUT2D eigenvalue weighted by atomic mass is 79.9. The summed E-state index contributed by atoms with van der Waals surface area (Å²) >= 11 is 5.76. The van der Waals surface area contributed by atoms with Gasteiger partial charge in [-0.3, -0.25) is 0 Å². The lowest BCUT2D eigenvalue weighted by Gasteiger charge is -2.48. The largest absolute Gasteiger partial charge is 0.377 e. The second kappa shape index (κ2) is 6.39. The minimum absolute atomic E-state index is 0.0891. The number of para-hydroxylation sites is 1. The maximum atomic E-state index is 4.94. The summed E-state index contributed by atoms with van der Waals surface area (Å²) < 4.78 is 3.28. The first-order valence-corrected chi connectivity index (χ1v) is 11.5. The minimum Gasteiger partial charge on any atom is -0.377 e. The molecule has 0 amide bonds. The van der Waals surface area contributed by atoms with Crippen LogP contribution in [-0.4, -0.2) is 15.5 Å². The maximum absolute atomic E-state index is 4.94. The Labute approximate surface area is 179 Å². The number of nitrogens with zero attached hydrogens (tertiary/aromatic N) is 2. The lowest BCUT2D eigenvalue weighted by atomic mass is 9.66. The van der Waals surface area contributed by atoms with Crippen LogP contribution in [0.5, 0.6) is 0 Å². The number of hydrogen-bond acceptors (Lipinski definition) is 3. The van der Waals surface area contributed by atoms with Gasteiger partial charge >= 0.3 is 0 Å². The smallest absolute Gasteiger partial charge is 0.105 e. The molecule has 28 heavy (non-hydrogen) atoms. The van der Waals surface area contributed by atoms with E-state index in [0.717, 1.165) is 21.6 Å². The van der Waals surface area contributed by atoms with Crippen molar-refractivity contribution < 1.29 is 0 Å². The van der Waals surface area contributed by atoms with Gasteiger partial charge in [0.2, 0.25) is 0 Å². The highest BCUT2D eigenvalue weighted by molar-refractivity contribution is 9.10. The number of fused-ring (bicyclic) bond motifs is 4. The van der Waals surface area contributed by atoms with Crippen LogP contribution in [0.3, 0.4) is 0 Å². The summed E-state index contributed by atoms with van der Waals surface area (Å²) in [7, 11) is 0. The van der Waals surface area contributed by atoms with Crippen LogP contribution in [0.4, 0.5) is 5.69 Å². The molecule has 3 nitrogen and oxygen atoms in total. The predicted molar refractivity (Wildman–Crippen MR) is 121 cm³/mol. The molecule has 5 rings (SSSR count). The maximum Gasteiger partial charge on any atom is 0.105 e. The van der Waals surface area contributed by atoms with Gasteiger partial charge in [0.05, 0.1) is 23.1 Å². The molecule has 0 bridgehead atoms. The van der Waals surface area contributed by atoms with Crippen LogP contribution < -0.4 is 5.32 Å². The van der Waals surface area contributed by atoms with E-state index in [1.807, 2.05) is 11.8 Å². The second-order valence-corrected chi connectivity index (χ2v) is 10.3. The van der Waals surface area contributed by atoms with Crippen LogP contribution in [0.15, 0.2) is 52.0 Å². The van der Waals surface area contributed by atoms with Gasteiger partial charge in [0.1, 0.15) is 5.03 Å². The van der Waals surface area contributed by atoms with Crippen LogP contribution in [-0.2, 0) is 5.41 Å². The Morgan fingerprint density at radius 1 is 1.18 bits per heavy atom. The van der Waals surface area contributed by atoms with Crippen LogP contribution in [0.25, 0.3) is 5.69 Å². The second-order valence-electron chi connectivity index (χ2n) is 8.48. The zero-order valence-corrected chi connectivity index (χ0v) is 19.0. The molecule has 2 aromatic carbocycles. The van der Waals surface area contributed by atoms with Gasteiger partial charge in [-0.2, -0.15) is 5.10 Å². The van der Waals surface area contributed by atoms with Gasteiger partial charge in [0.25, 0.3) is 0 Å². The van der Waals surface area contributed by atoms with Crippen LogP contribution in [0, 0.1) is 19.8 Å². The summed E-state index contributed by atoms with van der Waals surface area (Å²) in [5.41, 5.74) is 7.65. The van der Waals surface area contributed by atoms with Gasteiger partial charge in [-0.05, 0) is 64.5 Å². The average molecular weight is 454 g/mol. The van der Waals surface area contributed by atoms with Gasteiger partial charge in [0.15, 0.2) is 0 Å². The first-order chi connectivity index (χ1) is 13.4. The van der Waals surface area contributed by atoms with Gasteiger partial charge in [-0.15, -0.1) is 11.8 Å². The fourth-order valence-electron chi connectivity index (χ4n) is 4.78. The number of thioether (sulfide) groups is 1. The number of anilines is 1. The van der Waals surface area contributed by atoms with E-state index in [4.69, 9.17) is 5.10 Å². The molecule has 1 N–H and O–H groups in total. The Morgan fingerprint density at radius 3 is 2.68 bits per heavy atom. The zero-order valence-electron chi connectivity index (χ0n) is 16.6. The molecule has 0 saturated carbocycles. The van der Waals surface area contributed by atoms with Crippen LogP contribution in [0.2, 0.25) is 0 Å². The number of halogens is 1. The first kappa shape index (κ1) is 18.3. The molecule has 0 unspecified atom stereocenters. The molecule has 2 aliphatic rings. The number of nitrogens with one attached hydrogen (secondary N) is 1. The molecule has 0 aliphatic carbocycles. The normalized spacial score (nSPS) is 22.0. The van der Waals surface area contributed by atoms with E-state index in [9.17, 15) is 0 Å². The third kappa shape index (κ3) is 2.59. The third-order valence-electron chi connectivity index (χ3n) is 6.33. The van der Waals surface area contributed by atoms with E-state index in [0.29, 0.717) is 5.92 Å². The Balaban J connectivity index is 1.68. The number of hydrogen-bond donors (Lipinski definition) is 1. The average Bonchev–Trinajstić information content (AvgIpc) is 3.01. The van der Waals surface area contributed by atoms with Gasteiger partial charge < -0.3 is 5.32 Å². The highest BCUT2D eigenvalue weighted by Crippen LogP contribution is 2.56. The van der Waals surface area contributed by atoms with Crippen molar-refractivity contribution in [3.05, 3.63) is 69.3 Å². The molecular formula is C23H24BrN3S. The SMILES string of the molecule is Cc1cc(Br)c2c(c1)C(C)(C)[C@@H]1CSc3c(c(C)nn3-c3ccccc3)[C@@H]1N2. The van der Waals surface area contributed by atoms with Crippen molar-refractivity contribution in [2.45, 2.75) is 44.2 Å². The van der Waals surface area contributed by atoms with Crippen molar-refractivity contribution in [3.8, 4) is 5.69 Å². The Morgan fingerprint density at radius 2 is 1.93 bits per heavy atom. The Kier molecular flexibility index (Phi) is 4.18. The van der Waals surface area contributed by atoms with Crippen molar-refractivity contribution >= 4 is 33.4 Å². The fraction of sp³-hybridized carbons (Fsp3) is 0.348. The predicted octanol–water partition coefficient (Wildman–Crippen LogP) is 6.42. The first-order valence-electron chi connectivity index (χ1n) is 9.73. The topological polar surface area (TPSA) is 29.9 Å². The molecule has 144 valence electrons. The monoisotopic (exact) mass is 453 g/mol. The van der Waals surface area contributed by atoms with Gasteiger partial charge in [-0.25, -0.2) is 4.68 Å². The lowest BCUT2D eigenvalue weighted by Crippen LogP contribution is -2.44. The fourth-order valence-corrected chi connectivity index (χ4v) is 7.11. The number of aryl methyl sites for hydroxylation is 2.